The lowest BCUT2D eigenvalue weighted by molar-refractivity contribution is 0.0184. The van der Waals surface area contributed by atoms with Crippen molar-refractivity contribution in [3.8, 4) is 5.75 Å². The van der Waals surface area contributed by atoms with E-state index in [0.717, 1.165) is 43.6 Å². The fraction of sp³-hybridized carbons (Fsp3) is 0.650. The van der Waals surface area contributed by atoms with Crippen molar-refractivity contribution < 1.29 is 19.0 Å². The van der Waals surface area contributed by atoms with Gasteiger partial charge in [0, 0.05) is 20.2 Å². The standard InChI is InChI=1S/C20H32BNO4/c1-20(2,3)26-19(23)22-9-7-15(8-10-22)13-16-5-6-17(21)18(14-16)25-12-11-24-4/h5-6,14-15H,7-13,21H2,1-4H3. The molecule has 0 aromatic heterocycles. The van der Waals surface area contributed by atoms with Crippen LogP contribution in [0.5, 0.6) is 5.75 Å². The third-order valence-electron chi connectivity index (χ3n) is 4.59. The highest BCUT2D eigenvalue weighted by Gasteiger charge is 2.26. The van der Waals surface area contributed by atoms with Gasteiger partial charge in [-0.1, -0.05) is 12.1 Å². The highest BCUT2D eigenvalue weighted by molar-refractivity contribution is 6.34. The van der Waals surface area contributed by atoms with E-state index in [-0.39, 0.29) is 6.09 Å². The van der Waals surface area contributed by atoms with Gasteiger partial charge < -0.3 is 19.1 Å². The molecule has 0 saturated carbocycles. The molecule has 0 spiro atoms. The van der Waals surface area contributed by atoms with E-state index in [1.165, 1.54) is 5.56 Å². The Morgan fingerprint density at radius 2 is 1.92 bits per heavy atom. The average Bonchev–Trinajstić information content (AvgIpc) is 2.57. The molecule has 0 unspecified atom stereocenters. The molecule has 1 aromatic carbocycles. The number of piperidine rings is 1. The number of methoxy groups -OCH3 is 1. The van der Waals surface area contributed by atoms with Gasteiger partial charge in [-0.2, -0.15) is 0 Å². The monoisotopic (exact) mass is 361 g/mol. The zero-order valence-corrected chi connectivity index (χ0v) is 16.8. The summed E-state index contributed by atoms with van der Waals surface area (Å²) >= 11 is 0. The van der Waals surface area contributed by atoms with Crippen LogP contribution in [0.15, 0.2) is 18.2 Å². The van der Waals surface area contributed by atoms with E-state index in [9.17, 15) is 4.79 Å². The van der Waals surface area contributed by atoms with Crippen LogP contribution < -0.4 is 10.2 Å². The van der Waals surface area contributed by atoms with Crippen molar-refractivity contribution in [1.29, 1.82) is 0 Å². The number of rotatable bonds is 6. The summed E-state index contributed by atoms with van der Waals surface area (Å²) in [5.41, 5.74) is 2.00. The van der Waals surface area contributed by atoms with Crippen molar-refractivity contribution in [3.63, 3.8) is 0 Å². The molecule has 144 valence electrons. The lowest BCUT2D eigenvalue weighted by Gasteiger charge is -2.33. The SMILES string of the molecule is Bc1ccc(CC2CCN(C(=O)OC(C)(C)C)CC2)cc1OCCOC. The Bertz CT molecular complexity index is 592. The van der Waals surface area contributed by atoms with Crippen LogP contribution in [-0.4, -0.2) is 57.9 Å². The zero-order valence-electron chi connectivity index (χ0n) is 16.8. The first-order valence-electron chi connectivity index (χ1n) is 9.47. The summed E-state index contributed by atoms with van der Waals surface area (Å²) in [5, 5.41) is 0. The normalized spacial score (nSPS) is 15.8. The van der Waals surface area contributed by atoms with Crippen LogP contribution in [0.1, 0.15) is 39.2 Å². The summed E-state index contributed by atoms with van der Waals surface area (Å²) in [7, 11) is 3.74. The predicted molar refractivity (Wildman–Crippen MR) is 106 cm³/mol. The van der Waals surface area contributed by atoms with Crippen molar-refractivity contribution in [3.05, 3.63) is 23.8 Å². The van der Waals surface area contributed by atoms with Crippen LogP contribution in [-0.2, 0) is 15.9 Å². The summed E-state index contributed by atoms with van der Waals surface area (Å²) in [6, 6.07) is 6.44. The van der Waals surface area contributed by atoms with Crippen LogP contribution in [0.4, 0.5) is 4.79 Å². The minimum atomic E-state index is -0.435. The van der Waals surface area contributed by atoms with E-state index < -0.39 is 5.60 Å². The van der Waals surface area contributed by atoms with Gasteiger partial charge in [0.25, 0.3) is 0 Å². The molecule has 26 heavy (non-hydrogen) atoms. The van der Waals surface area contributed by atoms with Crippen LogP contribution >= 0.6 is 0 Å². The number of likely N-dealkylation sites (tertiary alicyclic amines) is 1. The third kappa shape index (κ3) is 6.56. The number of carbonyl (C=O) groups is 1. The Morgan fingerprint density at radius 1 is 1.23 bits per heavy atom. The van der Waals surface area contributed by atoms with Gasteiger partial charge in [-0.3, -0.25) is 0 Å². The second-order valence-corrected chi connectivity index (χ2v) is 8.06. The molecule has 6 heteroatoms. The fourth-order valence-corrected chi connectivity index (χ4v) is 3.14. The maximum atomic E-state index is 12.2. The number of benzene rings is 1. The van der Waals surface area contributed by atoms with Gasteiger partial charge in [0.15, 0.2) is 0 Å². The molecule has 1 aromatic rings. The maximum absolute atomic E-state index is 12.2. The van der Waals surface area contributed by atoms with Crippen molar-refractivity contribution in [1.82, 2.24) is 4.90 Å². The van der Waals surface area contributed by atoms with Gasteiger partial charge in [0.2, 0.25) is 0 Å². The van der Waals surface area contributed by atoms with Gasteiger partial charge in [-0.25, -0.2) is 4.79 Å². The minimum absolute atomic E-state index is 0.194. The molecular weight excluding hydrogens is 329 g/mol. The molecule has 1 aliphatic heterocycles. The Kier molecular flexibility index (Phi) is 7.38. The summed E-state index contributed by atoms with van der Waals surface area (Å²) in [6.07, 6.45) is 2.84. The van der Waals surface area contributed by atoms with E-state index in [0.29, 0.717) is 19.1 Å². The van der Waals surface area contributed by atoms with Crippen LogP contribution in [0.25, 0.3) is 0 Å². The van der Waals surface area contributed by atoms with Crippen LogP contribution in [0.3, 0.4) is 0 Å². The number of carbonyl (C=O) groups excluding carboxylic acids is 1. The highest BCUT2D eigenvalue weighted by Crippen LogP contribution is 2.24. The molecule has 0 atom stereocenters. The first-order valence-corrected chi connectivity index (χ1v) is 9.47. The minimum Gasteiger partial charge on any atom is -0.492 e. The van der Waals surface area contributed by atoms with Crippen molar-refractivity contribution in [2.45, 2.75) is 45.6 Å². The second kappa shape index (κ2) is 9.31. The van der Waals surface area contributed by atoms with Gasteiger partial charge in [0.1, 0.15) is 25.8 Å². The molecule has 0 aliphatic carbocycles. The highest BCUT2D eigenvalue weighted by atomic mass is 16.6. The molecule has 1 saturated heterocycles. The number of ether oxygens (including phenoxy) is 3. The Balaban J connectivity index is 1.85. The van der Waals surface area contributed by atoms with E-state index >= 15 is 0 Å². The predicted octanol–water partition coefficient (Wildman–Crippen LogP) is 2.16. The molecule has 1 aliphatic rings. The lowest BCUT2D eigenvalue weighted by Crippen LogP contribution is -2.42. The molecule has 1 fully saturated rings. The fourth-order valence-electron chi connectivity index (χ4n) is 3.14. The number of nitrogens with zero attached hydrogens (tertiary/aromatic N) is 1. The smallest absolute Gasteiger partial charge is 0.410 e. The van der Waals surface area contributed by atoms with Gasteiger partial charge >= 0.3 is 6.09 Å². The summed E-state index contributed by atoms with van der Waals surface area (Å²) in [6.45, 7) is 8.40. The lowest BCUT2D eigenvalue weighted by atomic mass is 9.87. The van der Waals surface area contributed by atoms with E-state index in [4.69, 9.17) is 14.2 Å². The molecule has 1 amide bonds. The molecular formula is C20H32BNO4. The van der Waals surface area contributed by atoms with E-state index in [2.05, 4.69) is 26.0 Å². The summed E-state index contributed by atoms with van der Waals surface area (Å²) in [4.78, 5) is 14.0. The topological polar surface area (TPSA) is 48.0 Å². The maximum Gasteiger partial charge on any atom is 0.410 e. The quantitative estimate of drug-likeness (QED) is 0.576. The molecule has 0 bridgehead atoms. The van der Waals surface area contributed by atoms with Crippen LogP contribution in [0, 0.1) is 5.92 Å². The van der Waals surface area contributed by atoms with Crippen molar-refractivity contribution in [2.24, 2.45) is 5.92 Å². The van der Waals surface area contributed by atoms with Crippen LogP contribution in [0.2, 0.25) is 0 Å². The molecule has 2 rings (SSSR count). The van der Waals surface area contributed by atoms with Gasteiger partial charge in [-0.05, 0) is 63.0 Å². The summed E-state index contributed by atoms with van der Waals surface area (Å²) in [5.74, 6) is 1.52. The molecule has 1 heterocycles. The van der Waals surface area contributed by atoms with Crippen molar-refractivity contribution >= 4 is 19.4 Å². The number of amides is 1. The molecule has 0 radical (unpaired) electrons. The Hall–Kier alpha value is -1.69. The Labute approximate surface area is 158 Å². The second-order valence-electron chi connectivity index (χ2n) is 8.06. The number of hydrogen-bond acceptors (Lipinski definition) is 4. The number of hydrogen-bond donors (Lipinski definition) is 0. The first kappa shape index (κ1) is 20.6. The van der Waals surface area contributed by atoms with E-state index in [1.54, 1.807) is 7.11 Å². The molecule has 0 N–H and O–H groups in total. The van der Waals surface area contributed by atoms with Gasteiger partial charge in [0.05, 0.1) is 6.61 Å². The van der Waals surface area contributed by atoms with Crippen molar-refractivity contribution in [2.75, 3.05) is 33.4 Å². The zero-order chi connectivity index (χ0) is 19.2. The summed E-state index contributed by atoms with van der Waals surface area (Å²) < 4.78 is 16.3. The van der Waals surface area contributed by atoms with E-state index in [1.807, 2.05) is 25.7 Å². The largest absolute Gasteiger partial charge is 0.492 e. The molecule has 5 nitrogen and oxygen atoms in total. The third-order valence-corrected chi connectivity index (χ3v) is 4.59. The Morgan fingerprint density at radius 3 is 2.54 bits per heavy atom. The van der Waals surface area contributed by atoms with Gasteiger partial charge in [-0.15, -0.1) is 0 Å². The average molecular weight is 361 g/mol. The first-order chi connectivity index (χ1) is 12.3.